The lowest BCUT2D eigenvalue weighted by atomic mass is 10.1. The number of furan rings is 1. The van der Waals surface area contributed by atoms with E-state index in [9.17, 15) is 13.9 Å². The molecule has 0 aliphatic rings. The first kappa shape index (κ1) is 11.9. The van der Waals surface area contributed by atoms with Crippen molar-refractivity contribution in [3.05, 3.63) is 71.5 Å². The zero-order valence-electron chi connectivity index (χ0n) is 9.81. The number of benzene rings is 2. The predicted octanol–water partition coefficient (Wildman–Crippen LogP) is 3.79. The molecule has 4 heteroatoms. The van der Waals surface area contributed by atoms with Gasteiger partial charge in [-0.1, -0.05) is 24.3 Å². The second-order valence-electron chi connectivity index (χ2n) is 4.25. The topological polar surface area (TPSA) is 33.4 Å². The molecule has 1 unspecified atom stereocenters. The van der Waals surface area contributed by atoms with Gasteiger partial charge in [-0.15, -0.1) is 0 Å². The number of hydrogen-bond acceptors (Lipinski definition) is 2. The van der Waals surface area contributed by atoms with E-state index in [4.69, 9.17) is 4.42 Å². The summed E-state index contributed by atoms with van der Waals surface area (Å²) in [5.74, 6) is -1.25. The van der Waals surface area contributed by atoms with E-state index in [1.807, 2.05) is 12.1 Å². The first-order chi connectivity index (χ1) is 9.15. The summed E-state index contributed by atoms with van der Waals surface area (Å²) >= 11 is 0. The number of aliphatic hydroxyl groups excluding tert-OH is 1. The minimum Gasteiger partial charge on any atom is -0.458 e. The van der Waals surface area contributed by atoms with Crippen molar-refractivity contribution in [2.45, 2.75) is 6.10 Å². The van der Waals surface area contributed by atoms with Crippen LogP contribution in [0.2, 0.25) is 0 Å². The highest BCUT2D eigenvalue weighted by Gasteiger charge is 2.19. The van der Waals surface area contributed by atoms with Crippen LogP contribution in [0.4, 0.5) is 8.78 Å². The molecule has 0 saturated heterocycles. The summed E-state index contributed by atoms with van der Waals surface area (Å²) in [7, 11) is 0. The van der Waals surface area contributed by atoms with Crippen molar-refractivity contribution >= 4 is 11.0 Å². The highest BCUT2D eigenvalue weighted by Crippen LogP contribution is 2.29. The molecule has 0 fully saturated rings. The number of rotatable bonds is 2. The van der Waals surface area contributed by atoms with Crippen LogP contribution >= 0.6 is 0 Å². The molecule has 3 aromatic rings. The molecule has 3 rings (SSSR count). The molecule has 2 nitrogen and oxygen atoms in total. The molecular formula is C15H10F2O2. The van der Waals surface area contributed by atoms with E-state index in [-0.39, 0.29) is 11.3 Å². The van der Waals surface area contributed by atoms with E-state index in [1.54, 1.807) is 18.2 Å². The number of hydrogen-bond donors (Lipinski definition) is 1. The maximum absolute atomic E-state index is 13.6. The predicted molar refractivity (Wildman–Crippen MR) is 66.6 cm³/mol. The molecule has 1 atom stereocenters. The third-order valence-electron chi connectivity index (χ3n) is 2.97. The molecule has 0 bridgehead atoms. The van der Waals surface area contributed by atoms with E-state index in [0.29, 0.717) is 5.58 Å². The highest BCUT2D eigenvalue weighted by atomic mass is 19.1. The molecule has 19 heavy (non-hydrogen) atoms. The van der Waals surface area contributed by atoms with Crippen LogP contribution in [-0.4, -0.2) is 5.11 Å². The largest absolute Gasteiger partial charge is 0.458 e. The van der Waals surface area contributed by atoms with Gasteiger partial charge >= 0.3 is 0 Å². The van der Waals surface area contributed by atoms with Crippen molar-refractivity contribution in [1.29, 1.82) is 0 Å². The van der Waals surface area contributed by atoms with E-state index in [1.165, 1.54) is 6.07 Å². The molecule has 0 radical (unpaired) electrons. The van der Waals surface area contributed by atoms with Gasteiger partial charge in [-0.05, 0) is 18.2 Å². The van der Waals surface area contributed by atoms with Crippen molar-refractivity contribution in [2.24, 2.45) is 0 Å². The fraction of sp³-hybridized carbons (Fsp3) is 0.0667. The van der Waals surface area contributed by atoms with Crippen molar-refractivity contribution < 1.29 is 18.3 Å². The van der Waals surface area contributed by atoms with Crippen LogP contribution in [0.3, 0.4) is 0 Å². The average Bonchev–Trinajstić information content (AvgIpc) is 2.81. The Hall–Kier alpha value is -2.20. The minimum atomic E-state index is -1.26. The van der Waals surface area contributed by atoms with E-state index in [2.05, 4.69) is 0 Å². The summed E-state index contributed by atoms with van der Waals surface area (Å²) in [6, 6.07) is 11.9. The number of para-hydroxylation sites is 1. The molecule has 1 aromatic heterocycles. The summed E-state index contributed by atoms with van der Waals surface area (Å²) in [4.78, 5) is 0. The molecule has 1 heterocycles. The Morgan fingerprint density at radius 1 is 1.00 bits per heavy atom. The molecule has 0 aliphatic carbocycles. The van der Waals surface area contributed by atoms with Gasteiger partial charge in [0, 0.05) is 17.0 Å². The Morgan fingerprint density at radius 3 is 2.53 bits per heavy atom. The normalized spacial score (nSPS) is 12.8. The van der Waals surface area contributed by atoms with Crippen LogP contribution in [0.15, 0.2) is 52.9 Å². The summed E-state index contributed by atoms with van der Waals surface area (Å²) in [6.07, 6.45) is -1.26. The zero-order valence-corrected chi connectivity index (χ0v) is 9.81. The molecule has 0 aliphatic heterocycles. The summed E-state index contributed by atoms with van der Waals surface area (Å²) in [5.41, 5.74) is 0.597. The highest BCUT2D eigenvalue weighted by molar-refractivity contribution is 5.77. The third-order valence-corrected chi connectivity index (χ3v) is 2.97. The zero-order chi connectivity index (χ0) is 13.4. The Balaban J connectivity index is 2.05. The van der Waals surface area contributed by atoms with Gasteiger partial charge in [0.05, 0.1) is 0 Å². The van der Waals surface area contributed by atoms with E-state index in [0.717, 1.165) is 17.5 Å². The van der Waals surface area contributed by atoms with Gasteiger partial charge in [-0.2, -0.15) is 0 Å². The fourth-order valence-electron chi connectivity index (χ4n) is 2.01. The number of fused-ring (bicyclic) bond motifs is 1. The van der Waals surface area contributed by atoms with Crippen LogP contribution in [0, 0.1) is 11.6 Å². The summed E-state index contributed by atoms with van der Waals surface area (Å²) < 4.78 is 31.9. The minimum absolute atomic E-state index is 0.0135. The lowest BCUT2D eigenvalue weighted by molar-refractivity contribution is 0.187. The van der Waals surface area contributed by atoms with Gasteiger partial charge in [-0.25, -0.2) is 8.78 Å². The molecule has 0 spiro atoms. The van der Waals surface area contributed by atoms with Gasteiger partial charge in [0.25, 0.3) is 0 Å². The molecule has 0 amide bonds. The summed E-state index contributed by atoms with van der Waals surface area (Å²) in [5, 5.41) is 10.9. The first-order valence-corrected chi connectivity index (χ1v) is 5.76. The number of halogens is 2. The summed E-state index contributed by atoms with van der Waals surface area (Å²) in [6.45, 7) is 0. The van der Waals surface area contributed by atoms with E-state index < -0.39 is 17.7 Å². The van der Waals surface area contributed by atoms with Crippen LogP contribution in [0.5, 0.6) is 0 Å². The Morgan fingerprint density at radius 2 is 1.79 bits per heavy atom. The maximum Gasteiger partial charge on any atom is 0.139 e. The van der Waals surface area contributed by atoms with Gasteiger partial charge in [0.15, 0.2) is 0 Å². The van der Waals surface area contributed by atoms with Crippen LogP contribution in [0.1, 0.15) is 17.4 Å². The lowest BCUT2D eigenvalue weighted by Crippen LogP contribution is -2.01. The Labute approximate surface area is 107 Å². The smallest absolute Gasteiger partial charge is 0.139 e. The van der Waals surface area contributed by atoms with Crippen molar-refractivity contribution in [3.63, 3.8) is 0 Å². The molecule has 2 aromatic carbocycles. The number of aliphatic hydroxyl groups is 1. The van der Waals surface area contributed by atoms with Gasteiger partial charge < -0.3 is 9.52 Å². The Kier molecular flexibility index (Phi) is 2.80. The van der Waals surface area contributed by atoms with Gasteiger partial charge in [0.2, 0.25) is 0 Å². The first-order valence-electron chi connectivity index (χ1n) is 5.76. The van der Waals surface area contributed by atoms with E-state index >= 15 is 0 Å². The molecular weight excluding hydrogens is 250 g/mol. The van der Waals surface area contributed by atoms with Crippen molar-refractivity contribution in [1.82, 2.24) is 0 Å². The van der Waals surface area contributed by atoms with Crippen LogP contribution in [0.25, 0.3) is 11.0 Å². The second-order valence-corrected chi connectivity index (χ2v) is 4.25. The lowest BCUT2D eigenvalue weighted by Gasteiger charge is -2.08. The molecule has 96 valence electrons. The average molecular weight is 260 g/mol. The maximum atomic E-state index is 13.6. The van der Waals surface area contributed by atoms with Gasteiger partial charge in [-0.3, -0.25) is 0 Å². The van der Waals surface area contributed by atoms with Crippen molar-refractivity contribution in [3.8, 4) is 0 Å². The third kappa shape index (κ3) is 2.11. The van der Waals surface area contributed by atoms with Gasteiger partial charge in [0.1, 0.15) is 29.1 Å². The fourth-order valence-corrected chi connectivity index (χ4v) is 2.01. The SMILES string of the molecule is OC(c1cc2ccccc2o1)c1ccc(F)cc1F. The quantitative estimate of drug-likeness (QED) is 0.760. The Bertz CT molecular complexity index is 701. The van der Waals surface area contributed by atoms with Crippen molar-refractivity contribution in [2.75, 3.05) is 0 Å². The van der Waals surface area contributed by atoms with Crippen LogP contribution in [-0.2, 0) is 0 Å². The standard InChI is InChI=1S/C15H10F2O2/c16-10-5-6-11(12(17)8-10)15(18)14-7-9-3-1-2-4-13(9)19-14/h1-8,15,18H. The molecule has 1 N–H and O–H groups in total. The second kappa shape index (κ2) is 4.48. The van der Waals surface area contributed by atoms with Crippen LogP contribution < -0.4 is 0 Å². The monoisotopic (exact) mass is 260 g/mol. The molecule has 0 saturated carbocycles.